The van der Waals surface area contributed by atoms with Crippen molar-refractivity contribution in [2.75, 3.05) is 19.0 Å². The number of imidazole rings is 1. The number of fused-ring (bicyclic) bond motifs is 1. The van der Waals surface area contributed by atoms with Crippen molar-refractivity contribution in [1.29, 1.82) is 0 Å². The molecule has 0 aliphatic rings. The number of benzene rings is 2. The lowest BCUT2D eigenvalue weighted by atomic mass is 10.2. The fourth-order valence-corrected chi connectivity index (χ4v) is 3.85. The molecule has 170 valence electrons. The molecule has 0 saturated heterocycles. The van der Waals surface area contributed by atoms with Crippen molar-refractivity contribution < 1.29 is 5.11 Å². The van der Waals surface area contributed by atoms with Crippen molar-refractivity contribution in [3.63, 3.8) is 0 Å². The molecule has 4 aromatic rings. The summed E-state index contributed by atoms with van der Waals surface area (Å²) in [6.07, 6.45) is 1.18. The summed E-state index contributed by atoms with van der Waals surface area (Å²) in [6.45, 7) is 0. The summed E-state index contributed by atoms with van der Waals surface area (Å²) >= 11 is 6.18. The van der Waals surface area contributed by atoms with Gasteiger partial charge in [0, 0.05) is 34.4 Å². The SMILES string of the molecule is CN(C)c1cc2c(cc1N=Cc1c(O)n(-c3ccccc3Cl)c(=O)[nH]c1=O)n(C)c(=O)n2C. The van der Waals surface area contributed by atoms with Crippen LogP contribution in [-0.2, 0) is 14.1 Å². The first kappa shape index (κ1) is 22.2. The van der Waals surface area contributed by atoms with Crippen LogP contribution in [0.2, 0.25) is 5.02 Å². The summed E-state index contributed by atoms with van der Waals surface area (Å²) in [6, 6.07) is 9.96. The van der Waals surface area contributed by atoms with E-state index in [2.05, 4.69) is 9.98 Å². The third kappa shape index (κ3) is 3.64. The third-order valence-corrected chi connectivity index (χ3v) is 5.72. The van der Waals surface area contributed by atoms with Crippen molar-refractivity contribution >= 4 is 40.2 Å². The van der Waals surface area contributed by atoms with Gasteiger partial charge >= 0.3 is 11.4 Å². The molecule has 10 nitrogen and oxygen atoms in total. The number of nitrogens with zero attached hydrogens (tertiary/aromatic N) is 5. The fraction of sp³-hybridized carbons (Fsp3) is 0.182. The van der Waals surface area contributed by atoms with Gasteiger partial charge in [-0.3, -0.25) is 23.9 Å². The van der Waals surface area contributed by atoms with Crippen molar-refractivity contribution in [2.45, 2.75) is 0 Å². The van der Waals surface area contributed by atoms with E-state index in [1.807, 2.05) is 25.1 Å². The second-order valence-corrected chi connectivity index (χ2v) is 8.07. The average Bonchev–Trinajstić information content (AvgIpc) is 2.97. The molecule has 0 atom stereocenters. The second kappa shape index (κ2) is 8.14. The van der Waals surface area contributed by atoms with Crippen molar-refractivity contribution in [2.24, 2.45) is 19.1 Å². The number of hydrogen-bond donors (Lipinski definition) is 2. The van der Waals surface area contributed by atoms with E-state index in [0.717, 1.165) is 10.1 Å². The van der Waals surface area contributed by atoms with Gasteiger partial charge in [-0.05, 0) is 24.3 Å². The Bertz CT molecular complexity index is 1610. The first-order valence-corrected chi connectivity index (χ1v) is 10.2. The minimum atomic E-state index is -0.836. The number of aryl methyl sites for hydroxylation is 2. The monoisotopic (exact) mass is 468 g/mol. The molecule has 2 aromatic heterocycles. The zero-order valence-electron chi connectivity index (χ0n) is 18.3. The molecule has 0 aliphatic heterocycles. The van der Waals surface area contributed by atoms with E-state index in [-0.39, 0.29) is 22.0 Å². The molecule has 4 rings (SSSR count). The van der Waals surface area contributed by atoms with Crippen LogP contribution in [0.25, 0.3) is 16.7 Å². The van der Waals surface area contributed by atoms with Gasteiger partial charge in [-0.25, -0.2) is 14.2 Å². The quantitative estimate of drug-likeness (QED) is 0.443. The Kier molecular flexibility index (Phi) is 5.46. The highest BCUT2D eigenvalue weighted by Crippen LogP contribution is 2.32. The number of H-pyrrole nitrogens is 1. The molecule has 33 heavy (non-hydrogen) atoms. The Labute approximate surface area is 192 Å². The molecule has 0 saturated carbocycles. The highest BCUT2D eigenvalue weighted by molar-refractivity contribution is 6.32. The van der Waals surface area contributed by atoms with E-state index >= 15 is 0 Å². The van der Waals surface area contributed by atoms with Gasteiger partial charge in [0.1, 0.15) is 5.56 Å². The van der Waals surface area contributed by atoms with Crippen molar-refractivity contribution in [3.8, 4) is 11.6 Å². The van der Waals surface area contributed by atoms with Crippen LogP contribution in [0.4, 0.5) is 11.4 Å². The summed E-state index contributed by atoms with van der Waals surface area (Å²) < 4.78 is 3.93. The predicted octanol–water partition coefficient (Wildman–Crippen LogP) is 1.89. The summed E-state index contributed by atoms with van der Waals surface area (Å²) in [5, 5.41) is 11.0. The Hall–Kier alpha value is -4.05. The first-order chi connectivity index (χ1) is 15.6. The minimum absolute atomic E-state index is 0.184. The number of nitrogens with one attached hydrogen (secondary N) is 1. The van der Waals surface area contributed by atoms with Gasteiger partial charge in [-0.2, -0.15) is 0 Å². The maximum absolute atomic E-state index is 12.5. The van der Waals surface area contributed by atoms with Crippen LogP contribution in [-0.4, -0.2) is 44.1 Å². The van der Waals surface area contributed by atoms with Crippen LogP contribution in [0.5, 0.6) is 5.88 Å². The second-order valence-electron chi connectivity index (χ2n) is 7.67. The molecule has 0 bridgehead atoms. The van der Waals surface area contributed by atoms with Crippen LogP contribution >= 0.6 is 11.6 Å². The number of aromatic hydroxyl groups is 1. The maximum atomic E-state index is 12.5. The topological polar surface area (TPSA) is 118 Å². The number of para-hydroxylation sites is 1. The molecular weight excluding hydrogens is 448 g/mol. The summed E-state index contributed by atoms with van der Waals surface area (Å²) in [5.74, 6) is -0.597. The van der Waals surface area contributed by atoms with E-state index in [4.69, 9.17) is 11.6 Å². The van der Waals surface area contributed by atoms with E-state index < -0.39 is 17.1 Å². The molecule has 0 unspecified atom stereocenters. The van der Waals surface area contributed by atoms with Gasteiger partial charge in [0.15, 0.2) is 0 Å². The molecule has 2 N–H and O–H groups in total. The molecular formula is C22H21ClN6O4. The van der Waals surface area contributed by atoms with Crippen molar-refractivity contribution in [1.82, 2.24) is 18.7 Å². The standard InChI is InChI=1S/C22H21ClN6O4/c1-26(2)16-10-18-17(27(3)22(33)28(18)4)9-14(16)24-11-12-19(30)25-21(32)29(20(12)31)15-8-6-5-7-13(15)23/h5-11,31H,1-4H3,(H,25,30,32). The first-order valence-electron chi connectivity index (χ1n) is 9.86. The van der Waals surface area contributed by atoms with Crippen LogP contribution in [0.15, 0.2) is 55.8 Å². The smallest absolute Gasteiger partial charge is 0.335 e. The minimum Gasteiger partial charge on any atom is -0.493 e. The zero-order valence-corrected chi connectivity index (χ0v) is 19.1. The van der Waals surface area contributed by atoms with Gasteiger partial charge in [0.2, 0.25) is 5.88 Å². The average molecular weight is 469 g/mol. The molecule has 2 heterocycles. The number of aromatic amines is 1. The lowest BCUT2D eigenvalue weighted by molar-refractivity contribution is 0.430. The predicted molar refractivity (Wildman–Crippen MR) is 129 cm³/mol. The Morgan fingerprint density at radius 2 is 1.70 bits per heavy atom. The van der Waals surface area contributed by atoms with Gasteiger partial charge in [-0.15, -0.1) is 0 Å². The molecule has 0 spiro atoms. The number of halogens is 1. The van der Waals surface area contributed by atoms with Gasteiger partial charge in [-0.1, -0.05) is 23.7 Å². The lowest BCUT2D eigenvalue weighted by Crippen LogP contribution is -2.31. The largest absolute Gasteiger partial charge is 0.493 e. The van der Waals surface area contributed by atoms with Crippen LogP contribution in [0.1, 0.15) is 5.56 Å². The van der Waals surface area contributed by atoms with Crippen LogP contribution in [0.3, 0.4) is 0 Å². The Morgan fingerprint density at radius 3 is 2.33 bits per heavy atom. The molecule has 0 amide bonds. The van der Waals surface area contributed by atoms with Gasteiger partial charge in [0.25, 0.3) is 5.56 Å². The van der Waals surface area contributed by atoms with E-state index in [1.165, 1.54) is 21.4 Å². The van der Waals surface area contributed by atoms with Gasteiger partial charge < -0.3 is 10.0 Å². The molecule has 0 fully saturated rings. The maximum Gasteiger partial charge on any atom is 0.335 e. The highest BCUT2D eigenvalue weighted by atomic mass is 35.5. The molecule has 0 aliphatic carbocycles. The van der Waals surface area contributed by atoms with E-state index in [1.54, 1.807) is 38.4 Å². The third-order valence-electron chi connectivity index (χ3n) is 5.40. The molecule has 2 aromatic carbocycles. The van der Waals surface area contributed by atoms with Gasteiger partial charge in [0.05, 0.1) is 33.1 Å². The lowest BCUT2D eigenvalue weighted by Gasteiger charge is -2.16. The summed E-state index contributed by atoms with van der Waals surface area (Å²) in [4.78, 5) is 45.6. The van der Waals surface area contributed by atoms with Crippen molar-refractivity contribution in [3.05, 3.63) is 78.3 Å². The summed E-state index contributed by atoms with van der Waals surface area (Å²) in [5.41, 5.74) is 0.692. The molecule has 11 heteroatoms. The Balaban J connectivity index is 1.92. The zero-order chi connectivity index (χ0) is 24.0. The van der Waals surface area contributed by atoms with Crippen LogP contribution < -0.4 is 21.8 Å². The number of aromatic nitrogens is 4. The molecule has 0 radical (unpaired) electrons. The Morgan fingerprint density at radius 1 is 1.06 bits per heavy atom. The number of anilines is 1. The van der Waals surface area contributed by atoms with E-state index in [9.17, 15) is 19.5 Å². The van der Waals surface area contributed by atoms with Crippen LogP contribution in [0, 0.1) is 0 Å². The normalized spacial score (nSPS) is 11.5. The van der Waals surface area contributed by atoms with E-state index in [0.29, 0.717) is 16.9 Å². The fourth-order valence-electron chi connectivity index (χ4n) is 3.63. The summed E-state index contributed by atoms with van der Waals surface area (Å²) in [7, 11) is 6.98. The number of rotatable bonds is 4. The highest BCUT2D eigenvalue weighted by Gasteiger charge is 2.17. The number of aliphatic imine (C=N–C) groups is 1. The number of hydrogen-bond acceptors (Lipinski definition) is 6.